The fourth-order valence-electron chi connectivity index (χ4n) is 3.05. The molecule has 0 saturated carbocycles. The molecule has 0 bridgehead atoms. The SMILES string of the molecule is C=CCNCCCOC1CCc2oc3ccccc3c(=O)c2C1. The molecule has 0 spiro atoms. The summed E-state index contributed by atoms with van der Waals surface area (Å²) >= 11 is 0. The van der Waals surface area contributed by atoms with Crippen LogP contribution < -0.4 is 10.7 Å². The van der Waals surface area contributed by atoms with Crippen molar-refractivity contribution in [1.29, 1.82) is 0 Å². The molecule has 1 atom stereocenters. The minimum absolute atomic E-state index is 0.0998. The normalized spacial score (nSPS) is 17.1. The van der Waals surface area contributed by atoms with E-state index in [-0.39, 0.29) is 11.5 Å². The third kappa shape index (κ3) is 3.71. The first kappa shape index (κ1) is 16.0. The Morgan fingerprint density at radius 3 is 3.13 bits per heavy atom. The summed E-state index contributed by atoms with van der Waals surface area (Å²) in [6.07, 6.45) is 5.27. The summed E-state index contributed by atoms with van der Waals surface area (Å²) in [6.45, 7) is 6.13. The quantitative estimate of drug-likeness (QED) is 0.631. The van der Waals surface area contributed by atoms with E-state index in [1.165, 1.54) is 0 Å². The summed E-state index contributed by atoms with van der Waals surface area (Å²) in [5.74, 6) is 0.834. The highest BCUT2D eigenvalue weighted by atomic mass is 16.5. The van der Waals surface area contributed by atoms with Gasteiger partial charge in [0, 0.05) is 31.6 Å². The molecule has 1 unspecified atom stereocenters. The van der Waals surface area contributed by atoms with Crippen LogP contribution in [-0.4, -0.2) is 25.8 Å². The molecule has 0 aliphatic heterocycles. The molecule has 4 nitrogen and oxygen atoms in total. The van der Waals surface area contributed by atoms with Gasteiger partial charge in [0.2, 0.25) is 0 Å². The molecule has 23 heavy (non-hydrogen) atoms. The number of aryl methyl sites for hydroxylation is 1. The average molecular weight is 313 g/mol. The van der Waals surface area contributed by atoms with E-state index in [1.807, 2.05) is 30.3 Å². The maximum Gasteiger partial charge on any atom is 0.196 e. The second-order valence-corrected chi connectivity index (χ2v) is 5.91. The smallest absolute Gasteiger partial charge is 0.196 e. The van der Waals surface area contributed by atoms with E-state index in [9.17, 15) is 4.79 Å². The minimum Gasteiger partial charge on any atom is -0.461 e. The molecule has 0 radical (unpaired) electrons. The molecular weight excluding hydrogens is 290 g/mol. The first-order chi connectivity index (χ1) is 11.3. The van der Waals surface area contributed by atoms with Crippen LogP contribution in [0.4, 0.5) is 0 Å². The van der Waals surface area contributed by atoms with Gasteiger partial charge in [0.25, 0.3) is 0 Å². The molecular formula is C19H23NO3. The molecule has 1 N–H and O–H groups in total. The van der Waals surface area contributed by atoms with E-state index in [0.29, 0.717) is 24.0 Å². The van der Waals surface area contributed by atoms with Crippen molar-refractivity contribution < 1.29 is 9.15 Å². The maximum atomic E-state index is 12.6. The van der Waals surface area contributed by atoms with Crippen LogP contribution in [0.5, 0.6) is 0 Å². The van der Waals surface area contributed by atoms with Crippen LogP contribution in [0.25, 0.3) is 11.0 Å². The van der Waals surface area contributed by atoms with Crippen molar-refractivity contribution in [3.05, 3.63) is 58.5 Å². The lowest BCUT2D eigenvalue weighted by atomic mass is 9.93. The van der Waals surface area contributed by atoms with Crippen LogP contribution in [0.1, 0.15) is 24.2 Å². The third-order valence-corrected chi connectivity index (χ3v) is 4.24. The van der Waals surface area contributed by atoms with E-state index in [2.05, 4.69) is 11.9 Å². The number of fused-ring (bicyclic) bond motifs is 2. The summed E-state index contributed by atoms with van der Waals surface area (Å²) in [5.41, 5.74) is 1.58. The van der Waals surface area contributed by atoms with Crippen molar-refractivity contribution in [2.75, 3.05) is 19.7 Å². The number of rotatable bonds is 7. The van der Waals surface area contributed by atoms with E-state index >= 15 is 0 Å². The zero-order valence-electron chi connectivity index (χ0n) is 13.3. The topological polar surface area (TPSA) is 51.5 Å². The fourth-order valence-corrected chi connectivity index (χ4v) is 3.05. The summed E-state index contributed by atoms with van der Waals surface area (Å²) in [5, 5.41) is 3.92. The fraction of sp³-hybridized carbons (Fsp3) is 0.421. The summed E-state index contributed by atoms with van der Waals surface area (Å²) in [6, 6.07) is 7.46. The van der Waals surface area contributed by atoms with Crippen LogP contribution in [0, 0.1) is 0 Å². The molecule has 1 aliphatic rings. The first-order valence-corrected chi connectivity index (χ1v) is 8.26. The zero-order chi connectivity index (χ0) is 16.1. The Kier molecular flexibility index (Phi) is 5.26. The van der Waals surface area contributed by atoms with Gasteiger partial charge in [-0.2, -0.15) is 0 Å². The summed E-state index contributed by atoms with van der Waals surface area (Å²) in [4.78, 5) is 12.6. The first-order valence-electron chi connectivity index (χ1n) is 8.26. The van der Waals surface area contributed by atoms with E-state index in [1.54, 1.807) is 0 Å². The number of ether oxygens (including phenoxy) is 1. The lowest BCUT2D eigenvalue weighted by Gasteiger charge is -2.23. The molecule has 0 amide bonds. The van der Waals surface area contributed by atoms with E-state index in [4.69, 9.17) is 9.15 Å². The summed E-state index contributed by atoms with van der Waals surface area (Å²) in [7, 11) is 0. The van der Waals surface area contributed by atoms with Crippen molar-refractivity contribution in [2.24, 2.45) is 0 Å². The van der Waals surface area contributed by atoms with Gasteiger partial charge in [-0.25, -0.2) is 0 Å². The molecule has 1 aliphatic carbocycles. The van der Waals surface area contributed by atoms with E-state index in [0.717, 1.165) is 43.7 Å². The second-order valence-electron chi connectivity index (χ2n) is 5.91. The monoisotopic (exact) mass is 313 g/mol. The van der Waals surface area contributed by atoms with Crippen molar-refractivity contribution >= 4 is 11.0 Å². The van der Waals surface area contributed by atoms with Crippen LogP contribution in [0.2, 0.25) is 0 Å². The predicted octanol–water partition coefficient (Wildman–Crippen LogP) is 2.83. The van der Waals surface area contributed by atoms with Crippen molar-refractivity contribution in [1.82, 2.24) is 5.32 Å². The zero-order valence-corrected chi connectivity index (χ0v) is 13.3. The molecule has 122 valence electrons. The Morgan fingerprint density at radius 2 is 2.26 bits per heavy atom. The number of benzene rings is 1. The van der Waals surface area contributed by atoms with Gasteiger partial charge in [0.1, 0.15) is 11.3 Å². The van der Waals surface area contributed by atoms with Gasteiger partial charge in [-0.05, 0) is 31.5 Å². The molecule has 1 aromatic heterocycles. The van der Waals surface area contributed by atoms with Gasteiger partial charge in [-0.1, -0.05) is 18.2 Å². The van der Waals surface area contributed by atoms with Crippen LogP contribution in [-0.2, 0) is 17.6 Å². The van der Waals surface area contributed by atoms with Crippen molar-refractivity contribution in [2.45, 2.75) is 31.8 Å². The largest absolute Gasteiger partial charge is 0.461 e. The van der Waals surface area contributed by atoms with Crippen LogP contribution in [0.3, 0.4) is 0 Å². The minimum atomic E-state index is 0.0998. The van der Waals surface area contributed by atoms with Crippen LogP contribution in [0.15, 0.2) is 46.1 Å². The average Bonchev–Trinajstić information content (AvgIpc) is 2.59. The third-order valence-electron chi connectivity index (χ3n) is 4.24. The number of nitrogens with one attached hydrogen (secondary N) is 1. The van der Waals surface area contributed by atoms with Gasteiger partial charge in [-0.3, -0.25) is 4.79 Å². The Labute approximate surface area is 136 Å². The second kappa shape index (κ2) is 7.57. The maximum absolute atomic E-state index is 12.6. The number of para-hydroxylation sites is 1. The van der Waals surface area contributed by atoms with Gasteiger partial charge in [0.15, 0.2) is 5.43 Å². The molecule has 1 heterocycles. The van der Waals surface area contributed by atoms with Gasteiger partial charge in [-0.15, -0.1) is 6.58 Å². The highest BCUT2D eigenvalue weighted by Crippen LogP contribution is 2.24. The van der Waals surface area contributed by atoms with Crippen LogP contribution >= 0.6 is 0 Å². The van der Waals surface area contributed by atoms with Crippen molar-refractivity contribution in [3.63, 3.8) is 0 Å². The van der Waals surface area contributed by atoms with Crippen molar-refractivity contribution in [3.8, 4) is 0 Å². The molecule has 0 fully saturated rings. The van der Waals surface area contributed by atoms with Gasteiger partial charge in [0.05, 0.1) is 11.5 Å². The Balaban J connectivity index is 1.63. The molecule has 4 heteroatoms. The summed E-state index contributed by atoms with van der Waals surface area (Å²) < 4.78 is 11.8. The molecule has 0 saturated heterocycles. The Hall–Kier alpha value is -1.91. The molecule has 3 rings (SSSR count). The lowest BCUT2D eigenvalue weighted by molar-refractivity contribution is 0.0406. The molecule has 2 aromatic rings. The number of hydrogen-bond donors (Lipinski definition) is 1. The predicted molar refractivity (Wildman–Crippen MR) is 91.9 cm³/mol. The Morgan fingerprint density at radius 1 is 1.39 bits per heavy atom. The standard InChI is InChI=1S/C19H23NO3/c1-2-10-20-11-5-12-22-14-8-9-18-16(13-14)19(21)15-6-3-4-7-17(15)23-18/h2-4,6-7,14,20H,1,5,8-13H2. The molecule has 1 aromatic carbocycles. The van der Waals surface area contributed by atoms with Gasteiger partial charge >= 0.3 is 0 Å². The highest BCUT2D eigenvalue weighted by Gasteiger charge is 2.24. The van der Waals surface area contributed by atoms with E-state index < -0.39 is 0 Å². The lowest BCUT2D eigenvalue weighted by Crippen LogP contribution is -2.28. The number of hydrogen-bond acceptors (Lipinski definition) is 4. The Bertz CT molecular complexity index is 735. The van der Waals surface area contributed by atoms with Gasteiger partial charge < -0.3 is 14.5 Å². The highest BCUT2D eigenvalue weighted by molar-refractivity contribution is 5.77.